The average molecular weight is 480 g/mol. The van der Waals surface area contributed by atoms with Crippen molar-refractivity contribution < 1.29 is 14.3 Å². The fourth-order valence-electron chi connectivity index (χ4n) is 2.79. The number of halogens is 3. The molecule has 162 valence electrons. The zero-order chi connectivity index (χ0) is 22.4. The van der Waals surface area contributed by atoms with Gasteiger partial charge in [0.25, 0.3) is 5.91 Å². The van der Waals surface area contributed by atoms with Crippen LogP contribution in [-0.2, 0) is 11.3 Å². The number of carbonyl (C=O) groups excluding carboxylic acids is 1. The second kappa shape index (κ2) is 10.6. The van der Waals surface area contributed by atoms with Gasteiger partial charge in [-0.1, -0.05) is 52.5 Å². The van der Waals surface area contributed by atoms with E-state index in [2.05, 4.69) is 10.6 Å². The molecule has 0 saturated carbocycles. The van der Waals surface area contributed by atoms with Gasteiger partial charge in [-0.2, -0.15) is 0 Å². The average Bonchev–Trinajstić information content (AvgIpc) is 2.75. The first-order chi connectivity index (χ1) is 14.9. The Morgan fingerprint density at radius 2 is 1.68 bits per heavy atom. The fourth-order valence-corrected chi connectivity index (χ4v) is 3.36. The van der Waals surface area contributed by atoms with E-state index >= 15 is 0 Å². The van der Waals surface area contributed by atoms with E-state index in [1.807, 2.05) is 31.2 Å². The Bertz CT molecular complexity index is 1070. The Morgan fingerprint density at radius 1 is 0.935 bits per heavy atom. The van der Waals surface area contributed by atoms with Crippen LogP contribution in [0.2, 0.25) is 15.1 Å². The van der Waals surface area contributed by atoms with Gasteiger partial charge in [-0.3, -0.25) is 4.79 Å². The van der Waals surface area contributed by atoms with E-state index in [4.69, 9.17) is 44.3 Å². The number of carbonyl (C=O) groups is 1. The van der Waals surface area contributed by atoms with Gasteiger partial charge >= 0.3 is 0 Å². The second-order valence-electron chi connectivity index (χ2n) is 6.78. The van der Waals surface area contributed by atoms with Gasteiger partial charge in [-0.15, -0.1) is 0 Å². The van der Waals surface area contributed by atoms with E-state index in [0.29, 0.717) is 44.5 Å². The number of amides is 1. The lowest BCUT2D eigenvalue weighted by atomic mass is 10.2. The van der Waals surface area contributed by atoms with Crippen molar-refractivity contribution >= 4 is 52.1 Å². The number of aryl methyl sites for hydroxylation is 1. The molecule has 0 fully saturated rings. The Kier molecular flexibility index (Phi) is 7.91. The minimum absolute atomic E-state index is 0.184. The monoisotopic (exact) mass is 478 g/mol. The van der Waals surface area contributed by atoms with Crippen LogP contribution in [-0.4, -0.2) is 19.6 Å². The van der Waals surface area contributed by atoms with Crippen molar-refractivity contribution in [3.05, 3.63) is 80.8 Å². The van der Waals surface area contributed by atoms with Crippen LogP contribution < -0.4 is 20.1 Å². The summed E-state index contributed by atoms with van der Waals surface area (Å²) in [6.45, 7) is 2.19. The second-order valence-corrected chi connectivity index (χ2v) is 8.03. The van der Waals surface area contributed by atoms with Crippen molar-refractivity contribution in [1.82, 2.24) is 0 Å². The molecule has 8 heteroatoms. The first-order valence-corrected chi connectivity index (χ1v) is 10.5. The van der Waals surface area contributed by atoms with Crippen molar-refractivity contribution in [2.75, 3.05) is 24.4 Å². The molecule has 0 heterocycles. The predicted octanol–water partition coefficient (Wildman–Crippen LogP) is 6.59. The summed E-state index contributed by atoms with van der Waals surface area (Å²) < 4.78 is 11.0. The normalized spacial score (nSPS) is 10.5. The molecular formula is C23H21Cl3N2O3. The molecule has 0 unspecified atom stereocenters. The van der Waals surface area contributed by atoms with E-state index in [9.17, 15) is 4.79 Å². The van der Waals surface area contributed by atoms with Crippen molar-refractivity contribution in [2.24, 2.45) is 0 Å². The SMILES string of the molecule is COc1cc(CNc2cc(Cl)ccc2Cl)c(Cl)cc1OCC(=O)Nc1ccc(C)cc1. The summed E-state index contributed by atoms with van der Waals surface area (Å²) in [5.41, 5.74) is 3.27. The lowest BCUT2D eigenvalue weighted by Crippen LogP contribution is -2.20. The Hall–Kier alpha value is -2.60. The molecule has 0 aliphatic carbocycles. The van der Waals surface area contributed by atoms with E-state index in [1.54, 1.807) is 30.3 Å². The van der Waals surface area contributed by atoms with Gasteiger partial charge in [0.05, 0.1) is 17.8 Å². The molecular weight excluding hydrogens is 459 g/mol. The van der Waals surface area contributed by atoms with Gasteiger partial charge in [0.1, 0.15) is 0 Å². The molecule has 0 spiro atoms. The van der Waals surface area contributed by atoms with Gasteiger partial charge in [0.2, 0.25) is 0 Å². The van der Waals surface area contributed by atoms with Crippen LogP contribution in [0.25, 0.3) is 0 Å². The number of methoxy groups -OCH3 is 1. The van der Waals surface area contributed by atoms with Gasteiger partial charge in [-0.05, 0) is 48.9 Å². The van der Waals surface area contributed by atoms with E-state index in [0.717, 1.165) is 11.1 Å². The molecule has 3 aromatic rings. The minimum Gasteiger partial charge on any atom is -0.493 e. The summed E-state index contributed by atoms with van der Waals surface area (Å²) >= 11 is 18.6. The number of anilines is 2. The number of hydrogen-bond donors (Lipinski definition) is 2. The molecule has 0 atom stereocenters. The minimum atomic E-state index is -0.289. The lowest BCUT2D eigenvalue weighted by molar-refractivity contribution is -0.118. The highest BCUT2D eigenvalue weighted by Crippen LogP contribution is 2.34. The first kappa shape index (κ1) is 23.1. The molecule has 0 aliphatic rings. The molecule has 1 amide bonds. The number of benzene rings is 3. The molecule has 5 nitrogen and oxygen atoms in total. The summed E-state index contributed by atoms with van der Waals surface area (Å²) in [7, 11) is 1.52. The number of nitrogens with one attached hydrogen (secondary N) is 2. The highest BCUT2D eigenvalue weighted by atomic mass is 35.5. The van der Waals surface area contributed by atoms with E-state index in [-0.39, 0.29) is 12.5 Å². The summed E-state index contributed by atoms with van der Waals surface area (Å²) in [5.74, 6) is 0.543. The molecule has 0 radical (unpaired) electrons. The van der Waals surface area contributed by atoms with E-state index in [1.165, 1.54) is 7.11 Å². The Labute approximate surface area is 196 Å². The largest absolute Gasteiger partial charge is 0.493 e. The van der Waals surface area contributed by atoms with Gasteiger partial charge in [0, 0.05) is 28.3 Å². The van der Waals surface area contributed by atoms with E-state index < -0.39 is 0 Å². The topological polar surface area (TPSA) is 59.6 Å². The van der Waals surface area contributed by atoms with Crippen molar-refractivity contribution in [2.45, 2.75) is 13.5 Å². The van der Waals surface area contributed by atoms with Crippen LogP contribution in [0.15, 0.2) is 54.6 Å². The molecule has 0 aliphatic heterocycles. The molecule has 3 rings (SSSR count). The third-order valence-electron chi connectivity index (χ3n) is 4.42. The van der Waals surface area contributed by atoms with Crippen molar-refractivity contribution in [3.8, 4) is 11.5 Å². The summed E-state index contributed by atoms with van der Waals surface area (Å²) in [5, 5.41) is 7.56. The third kappa shape index (κ3) is 6.44. The highest BCUT2D eigenvalue weighted by molar-refractivity contribution is 6.35. The maximum absolute atomic E-state index is 12.2. The van der Waals surface area contributed by atoms with Crippen LogP contribution in [0.4, 0.5) is 11.4 Å². The first-order valence-electron chi connectivity index (χ1n) is 9.40. The molecule has 0 bridgehead atoms. The molecule has 2 N–H and O–H groups in total. The Morgan fingerprint density at radius 3 is 2.39 bits per heavy atom. The van der Waals surface area contributed by atoms with Crippen molar-refractivity contribution in [3.63, 3.8) is 0 Å². The summed E-state index contributed by atoms with van der Waals surface area (Å²) in [6, 6.07) is 16.0. The number of rotatable bonds is 8. The van der Waals surface area contributed by atoms with Gasteiger partial charge in [-0.25, -0.2) is 0 Å². The van der Waals surface area contributed by atoms with Crippen LogP contribution in [0.5, 0.6) is 11.5 Å². The zero-order valence-electron chi connectivity index (χ0n) is 17.0. The third-order valence-corrected chi connectivity index (χ3v) is 5.34. The molecule has 3 aromatic carbocycles. The van der Waals surface area contributed by atoms with Crippen LogP contribution in [0.3, 0.4) is 0 Å². The Balaban J connectivity index is 1.65. The molecule has 0 aromatic heterocycles. The van der Waals surface area contributed by atoms with Gasteiger partial charge < -0.3 is 20.1 Å². The van der Waals surface area contributed by atoms with Gasteiger partial charge in [0.15, 0.2) is 18.1 Å². The standard InChI is InChI=1S/C23H21Cl3N2O3/c1-14-3-6-17(7-4-14)28-23(29)13-31-22-11-19(26)15(9-21(22)30-2)12-27-20-10-16(24)5-8-18(20)25/h3-11,27H,12-13H2,1-2H3,(H,28,29). The maximum Gasteiger partial charge on any atom is 0.262 e. The van der Waals surface area contributed by atoms with Crippen LogP contribution >= 0.6 is 34.8 Å². The summed E-state index contributed by atoms with van der Waals surface area (Å²) in [6.07, 6.45) is 0. The predicted molar refractivity (Wildman–Crippen MR) is 127 cm³/mol. The lowest BCUT2D eigenvalue weighted by Gasteiger charge is -2.15. The van der Waals surface area contributed by atoms with Crippen molar-refractivity contribution in [1.29, 1.82) is 0 Å². The molecule has 0 saturated heterocycles. The quantitative estimate of drug-likeness (QED) is 0.382. The number of ether oxygens (including phenoxy) is 2. The number of hydrogen-bond acceptors (Lipinski definition) is 4. The maximum atomic E-state index is 12.2. The highest BCUT2D eigenvalue weighted by Gasteiger charge is 2.13. The summed E-state index contributed by atoms with van der Waals surface area (Å²) in [4.78, 5) is 12.2. The zero-order valence-corrected chi connectivity index (χ0v) is 19.2. The van der Waals surface area contributed by atoms with Crippen LogP contribution in [0.1, 0.15) is 11.1 Å². The van der Waals surface area contributed by atoms with Crippen LogP contribution in [0, 0.1) is 6.92 Å². The fraction of sp³-hybridized carbons (Fsp3) is 0.174. The molecule has 31 heavy (non-hydrogen) atoms. The smallest absolute Gasteiger partial charge is 0.262 e.